The molecule has 0 spiro atoms. The molecule has 0 bridgehead atoms. The summed E-state index contributed by atoms with van der Waals surface area (Å²) in [5.41, 5.74) is 1.22. The van der Waals surface area contributed by atoms with E-state index in [4.69, 9.17) is 5.11 Å². The molecule has 1 aliphatic heterocycles. The zero-order chi connectivity index (χ0) is 9.52. The van der Waals surface area contributed by atoms with Gasteiger partial charge in [0.2, 0.25) is 0 Å². The van der Waals surface area contributed by atoms with Crippen LogP contribution in [0.25, 0.3) is 0 Å². The van der Waals surface area contributed by atoms with Crippen molar-refractivity contribution in [2.24, 2.45) is 0 Å². The van der Waals surface area contributed by atoms with Crippen LogP contribution in [0.4, 0.5) is 0 Å². The van der Waals surface area contributed by atoms with Crippen molar-refractivity contribution in [1.29, 1.82) is 0 Å². The lowest BCUT2D eigenvalue weighted by Crippen LogP contribution is -1.97. The molecule has 1 aliphatic rings. The van der Waals surface area contributed by atoms with Crippen LogP contribution < -0.4 is 4.67 Å². The van der Waals surface area contributed by atoms with Crippen molar-refractivity contribution in [3.8, 4) is 0 Å². The van der Waals surface area contributed by atoms with Crippen LogP contribution in [-0.4, -0.2) is 35.0 Å². The molecular formula is C9H12NO2S+. The molecule has 1 rings (SSSR count). The predicted octanol–water partition coefficient (Wildman–Crippen LogP) is 0.733. The number of hydrogen-bond donors (Lipinski definition) is 1. The van der Waals surface area contributed by atoms with E-state index in [1.807, 2.05) is 12.3 Å². The fraction of sp³-hybridized carbons (Fsp3) is 0.444. The maximum Gasteiger partial charge on any atom is 0.304 e. The Bertz CT molecular complexity index is 277. The Morgan fingerprint density at radius 1 is 1.54 bits per heavy atom. The number of nitrogens with zero attached hydrogens (tertiary/aromatic N) is 1. The average Bonchev–Trinajstić information content (AvgIpc) is 2.55. The molecule has 70 valence electrons. The summed E-state index contributed by atoms with van der Waals surface area (Å²) >= 11 is 1.67. The minimum absolute atomic E-state index is 0.254. The van der Waals surface area contributed by atoms with Crippen molar-refractivity contribution in [2.75, 3.05) is 11.5 Å². The van der Waals surface area contributed by atoms with E-state index in [-0.39, 0.29) is 6.42 Å². The summed E-state index contributed by atoms with van der Waals surface area (Å²) in [7, 11) is 0. The first-order valence-electron chi connectivity index (χ1n) is 4.14. The Kier molecular flexibility index (Phi) is 4.36. The summed E-state index contributed by atoms with van der Waals surface area (Å²) in [4.78, 5) is 10.2. The van der Waals surface area contributed by atoms with Gasteiger partial charge in [0.25, 0.3) is 12.4 Å². The van der Waals surface area contributed by atoms with E-state index in [9.17, 15) is 4.79 Å². The Morgan fingerprint density at radius 3 is 3.00 bits per heavy atom. The summed E-state index contributed by atoms with van der Waals surface area (Å²) in [6, 6.07) is 0. The van der Waals surface area contributed by atoms with Crippen LogP contribution >= 0.6 is 11.8 Å². The molecule has 0 aliphatic carbocycles. The van der Waals surface area contributed by atoms with Gasteiger partial charge in [-0.1, -0.05) is 0 Å². The zero-order valence-electron chi connectivity index (χ0n) is 7.27. The lowest BCUT2D eigenvalue weighted by molar-refractivity contribution is -0.136. The largest absolute Gasteiger partial charge is 0.481 e. The van der Waals surface area contributed by atoms with Gasteiger partial charge in [0, 0.05) is 17.4 Å². The van der Waals surface area contributed by atoms with Crippen LogP contribution in [-0.2, 0) is 4.79 Å². The number of aliphatic carboxylic acids is 1. The van der Waals surface area contributed by atoms with Crippen molar-refractivity contribution in [1.82, 2.24) is 4.67 Å². The fourth-order valence-electron chi connectivity index (χ4n) is 0.920. The van der Waals surface area contributed by atoms with E-state index in [1.54, 1.807) is 18.0 Å². The van der Waals surface area contributed by atoms with Crippen LogP contribution in [0.5, 0.6) is 0 Å². The Morgan fingerprint density at radius 2 is 2.38 bits per heavy atom. The SMILES string of the molecule is O=C(O)CCSCCC1=CC=[N+]=C1. The van der Waals surface area contributed by atoms with E-state index < -0.39 is 5.97 Å². The van der Waals surface area contributed by atoms with E-state index in [0.29, 0.717) is 5.75 Å². The lowest BCUT2D eigenvalue weighted by atomic mass is 10.2. The standard InChI is InChI=1S/C9H11NO2S/c11-9(12)3-6-13-5-2-8-1-4-10-7-8/h1,4,7H,2-3,5-6H2/p+1. The summed E-state index contributed by atoms with van der Waals surface area (Å²) in [5, 5.41) is 8.37. The number of carboxylic acid groups (broad SMARTS) is 1. The van der Waals surface area contributed by atoms with Gasteiger partial charge >= 0.3 is 5.97 Å². The highest BCUT2D eigenvalue weighted by molar-refractivity contribution is 7.99. The van der Waals surface area contributed by atoms with Crippen LogP contribution in [0.1, 0.15) is 12.8 Å². The second kappa shape index (κ2) is 5.62. The molecule has 0 saturated heterocycles. The van der Waals surface area contributed by atoms with Gasteiger partial charge < -0.3 is 5.11 Å². The maximum atomic E-state index is 10.2. The van der Waals surface area contributed by atoms with Crippen molar-refractivity contribution >= 4 is 30.2 Å². The fourth-order valence-corrected chi connectivity index (χ4v) is 1.82. The number of allylic oxidation sites excluding steroid dienone is 2. The van der Waals surface area contributed by atoms with E-state index >= 15 is 0 Å². The zero-order valence-corrected chi connectivity index (χ0v) is 8.09. The highest BCUT2D eigenvalue weighted by atomic mass is 32.2. The average molecular weight is 198 g/mol. The second-order valence-corrected chi connectivity index (χ2v) is 3.90. The topological polar surface area (TPSA) is 51.4 Å². The van der Waals surface area contributed by atoms with Crippen LogP contribution in [0.3, 0.4) is 0 Å². The van der Waals surface area contributed by atoms with Crippen molar-refractivity contribution < 1.29 is 9.90 Å². The Balaban J connectivity index is 1.96. The van der Waals surface area contributed by atoms with Gasteiger partial charge in [-0.05, 0) is 12.2 Å². The van der Waals surface area contributed by atoms with Gasteiger partial charge in [-0.2, -0.15) is 11.8 Å². The molecular weight excluding hydrogens is 186 g/mol. The molecule has 1 N–H and O–H groups in total. The first kappa shape index (κ1) is 10.1. The first-order chi connectivity index (χ1) is 6.29. The normalized spacial score (nSPS) is 13.4. The summed E-state index contributed by atoms with van der Waals surface area (Å²) in [6.07, 6.45) is 6.83. The molecule has 0 amide bonds. The number of carboxylic acids is 1. The van der Waals surface area contributed by atoms with Crippen molar-refractivity contribution in [2.45, 2.75) is 12.8 Å². The summed E-state index contributed by atoms with van der Waals surface area (Å²) < 4.78 is 3.95. The number of rotatable bonds is 6. The minimum Gasteiger partial charge on any atom is -0.481 e. The van der Waals surface area contributed by atoms with Gasteiger partial charge in [-0.3, -0.25) is 4.79 Å². The van der Waals surface area contributed by atoms with E-state index in [2.05, 4.69) is 4.67 Å². The molecule has 0 aromatic rings. The van der Waals surface area contributed by atoms with E-state index in [1.165, 1.54) is 5.57 Å². The van der Waals surface area contributed by atoms with Crippen LogP contribution in [0.15, 0.2) is 11.6 Å². The molecule has 0 fully saturated rings. The number of hydrogen-bond acceptors (Lipinski definition) is 2. The molecule has 4 heteroatoms. The molecule has 0 aromatic carbocycles. The summed E-state index contributed by atoms with van der Waals surface area (Å²) in [5.74, 6) is 0.949. The maximum absolute atomic E-state index is 10.2. The van der Waals surface area contributed by atoms with Gasteiger partial charge in [-0.15, -0.1) is 4.67 Å². The van der Waals surface area contributed by atoms with Gasteiger partial charge in [0.15, 0.2) is 0 Å². The first-order valence-corrected chi connectivity index (χ1v) is 5.29. The monoisotopic (exact) mass is 198 g/mol. The van der Waals surface area contributed by atoms with Gasteiger partial charge in [0.05, 0.1) is 6.42 Å². The molecule has 0 saturated carbocycles. The molecule has 0 radical (unpaired) electrons. The number of thioether (sulfide) groups is 1. The predicted molar refractivity (Wildman–Crippen MR) is 56.5 cm³/mol. The highest BCUT2D eigenvalue weighted by Crippen LogP contribution is 2.08. The summed E-state index contributed by atoms with van der Waals surface area (Å²) in [6.45, 7) is 0. The van der Waals surface area contributed by atoms with Crippen LogP contribution in [0.2, 0.25) is 0 Å². The third-order valence-corrected chi connectivity index (χ3v) is 2.60. The van der Waals surface area contributed by atoms with Crippen molar-refractivity contribution in [3.05, 3.63) is 11.6 Å². The smallest absolute Gasteiger partial charge is 0.304 e. The van der Waals surface area contributed by atoms with Crippen LogP contribution in [0, 0.1) is 0 Å². The molecule has 0 atom stereocenters. The third-order valence-electron chi connectivity index (χ3n) is 1.61. The molecule has 1 heterocycles. The minimum atomic E-state index is -0.720. The third kappa shape index (κ3) is 4.55. The molecule has 3 nitrogen and oxygen atoms in total. The number of carbonyl (C=O) groups is 1. The quantitative estimate of drug-likeness (QED) is 0.505. The van der Waals surface area contributed by atoms with Gasteiger partial charge in [0.1, 0.15) is 0 Å². The second-order valence-electron chi connectivity index (χ2n) is 2.67. The molecule has 13 heavy (non-hydrogen) atoms. The lowest BCUT2D eigenvalue weighted by Gasteiger charge is -1.96. The Labute approximate surface area is 81.3 Å². The van der Waals surface area contributed by atoms with Crippen molar-refractivity contribution in [3.63, 3.8) is 0 Å². The van der Waals surface area contributed by atoms with Gasteiger partial charge in [-0.25, -0.2) is 0 Å². The molecule has 0 aromatic heterocycles. The highest BCUT2D eigenvalue weighted by Gasteiger charge is 2.04. The molecule has 0 unspecified atom stereocenters. The Hall–Kier alpha value is -0.990. The van der Waals surface area contributed by atoms with E-state index in [0.717, 1.165) is 12.2 Å².